The number of fused-ring (bicyclic) bond motifs is 1. The van der Waals surface area contributed by atoms with Gasteiger partial charge in [0.1, 0.15) is 5.00 Å². The molecule has 1 aliphatic heterocycles. The van der Waals surface area contributed by atoms with Crippen molar-refractivity contribution in [2.75, 3.05) is 25.6 Å². The van der Waals surface area contributed by atoms with E-state index in [4.69, 9.17) is 14.2 Å². The Hall–Kier alpha value is -2.91. The molecular formula is C25H32N2O6S. The van der Waals surface area contributed by atoms with Crippen molar-refractivity contribution in [1.82, 2.24) is 5.32 Å². The molecule has 3 rings (SSSR count). The van der Waals surface area contributed by atoms with Gasteiger partial charge < -0.3 is 24.8 Å². The zero-order valence-electron chi connectivity index (χ0n) is 20.7. The van der Waals surface area contributed by atoms with Crippen molar-refractivity contribution < 1.29 is 28.6 Å². The minimum atomic E-state index is -0.453. The smallest absolute Gasteiger partial charge is 0.341 e. The van der Waals surface area contributed by atoms with Crippen LogP contribution in [0.5, 0.6) is 11.5 Å². The molecule has 0 saturated carbocycles. The van der Waals surface area contributed by atoms with Gasteiger partial charge in [-0.25, -0.2) is 4.79 Å². The topological polar surface area (TPSA) is 103 Å². The van der Waals surface area contributed by atoms with E-state index in [0.717, 1.165) is 10.4 Å². The molecule has 0 unspecified atom stereocenters. The third kappa shape index (κ3) is 5.42. The molecule has 8 nitrogen and oxygen atoms in total. The van der Waals surface area contributed by atoms with Crippen LogP contribution in [0.25, 0.3) is 0 Å². The summed E-state index contributed by atoms with van der Waals surface area (Å²) in [5, 5.41) is 6.90. The number of carbonyl (C=O) groups excluding carboxylic acids is 3. The first kappa shape index (κ1) is 25.7. The lowest BCUT2D eigenvalue weighted by atomic mass is 9.81. The van der Waals surface area contributed by atoms with E-state index in [1.807, 2.05) is 0 Å². The first-order valence-corrected chi connectivity index (χ1v) is 11.9. The van der Waals surface area contributed by atoms with E-state index in [-0.39, 0.29) is 30.1 Å². The van der Waals surface area contributed by atoms with Crippen LogP contribution in [0.4, 0.5) is 5.00 Å². The van der Waals surface area contributed by atoms with E-state index in [2.05, 4.69) is 38.3 Å². The molecular weight excluding hydrogens is 456 g/mol. The van der Waals surface area contributed by atoms with Crippen molar-refractivity contribution >= 4 is 34.0 Å². The SMILES string of the molecule is CCOC(=O)c1c(NC(=O)COc2ccc(C(C)=O)cc2OC)sc2c1CC(C)(C)NC2(C)C. The molecule has 0 aliphatic carbocycles. The first-order valence-electron chi connectivity index (χ1n) is 11.1. The van der Waals surface area contributed by atoms with E-state index in [1.54, 1.807) is 25.1 Å². The number of amides is 1. The Balaban J connectivity index is 1.85. The summed E-state index contributed by atoms with van der Waals surface area (Å²) < 4.78 is 16.3. The summed E-state index contributed by atoms with van der Waals surface area (Å²) in [6.07, 6.45) is 0.627. The number of ether oxygens (including phenoxy) is 3. The molecule has 0 radical (unpaired) electrons. The number of methoxy groups -OCH3 is 1. The first-order chi connectivity index (χ1) is 15.9. The number of anilines is 1. The zero-order chi connectivity index (χ0) is 25.3. The molecule has 1 aromatic carbocycles. The summed E-state index contributed by atoms with van der Waals surface area (Å²) in [5.41, 5.74) is 1.17. The molecule has 0 spiro atoms. The summed E-state index contributed by atoms with van der Waals surface area (Å²) >= 11 is 1.37. The van der Waals surface area contributed by atoms with Gasteiger partial charge in [0.15, 0.2) is 23.9 Å². The summed E-state index contributed by atoms with van der Waals surface area (Å²) in [6, 6.07) is 4.77. The molecule has 0 atom stereocenters. The molecule has 1 amide bonds. The van der Waals surface area contributed by atoms with Gasteiger partial charge in [0.05, 0.1) is 19.3 Å². The molecule has 0 saturated heterocycles. The van der Waals surface area contributed by atoms with E-state index < -0.39 is 11.9 Å². The van der Waals surface area contributed by atoms with Gasteiger partial charge >= 0.3 is 5.97 Å². The predicted octanol–water partition coefficient (Wildman–Crippen LogP) is 4.31. The van der Waals surface area contributed by atoms with E-state index >= 15 is 0 Å². The summed E-state index contributed by atoms with van der Waals surface area (Å²) in [4.78, 5) is 38.3. The second kappa shape index (κ2) is 9.76. The van der Waals surface area contributed by atoms with Crippen LogP contribution in [0.2, 0.25) is 0 Å². The molecule has 34 heavy (non-hydrogen) atoms. The number of ketones is 1. The van der Waals surface area contributed by atoms with Crippen molar-refractivity contribution in [3.8, 4) is 11.5 Å². The van der Waals surface area contributed by atoms with Gasteiger partial charge in [-0.05, 0) is 71.7 Å². The minimum Gasteiger partial charge on any atom is -0.493 e. The lowest BCUT2D eigenvalue weighted by Gasteiger charge is -2.42. The highest BCUT2D eigenvalue weighted by Crippen LogP contribution is 2.45. The average molecular weight is 489 g/mol. The van der Waals surface area contributed by atoms with E-state index in [9.17, 15) is 14.4 Å². The maximum Gasteiger partial charge on any atom is 0.341 e. The summed E-state index contributed by atoms with van der Waals surface area (Å²) in [5.74, 6) is -0.283. The maximum absolute atomic E-state index is 12.9. The van der Waals surface area contributed by atoms with Gasteiger partial charge in [0.25, 0.3) is 5.91 Å². The number of thiophene rings is 1. The number of carbonyl (C=O) groups is 3. The van der Waals surface area contributed by atoms with Crippen LogP contribution in [-0.2, 0) is 21.5 Å². The maximum atomic E-state index is 12.9. The van der Waals surface area contributed by atoms with Crippen LogP contribution < -0.4 is 20.1 Å². The van der Waals surface area contributed by atoms with Crippen LogP contribution >= 0.6 is 11.3 Å². The van der Waals surface area contributed by atoms with Crippen molar-refractivity contribution in [3.05, 3.63) is 39.8 Å². The number of esters is 1. The Morgan fingerprint density at radius 1 is 1.15 bits per heavy atom. The standard InChI is InChI=1S/C25H32N2O6S/c1-8-32-23(30)20-16-12-24(3,4)27-25(5,6)21(16)34-22(20)26-19(29)13-33-17-10-9-15(14(2)28)11-18(17)31-7/h9-11,27H,8,12-13H2,1-7H3,(H,26,29). The summed E-state index contributed by atoms with van der Waals surface area (Å²) in [7, 11) is 1.46. The lowest BCUT2D eigenvalue weighted by molar-refractivity contribution is -0.118. The monoisotopic (exact) mass is 488 g/mol. The Labute approximate surface area is 204 Å². The Morgan fingerprint density at radius 2 is 1.85 bits per heavy atom. The highest BCUT2D eigenvalue weighted by molar-refractivity contribution is 7.17. The van der Waals surface area contributed by atoms with Gasteiger partial charge in [-0.1, -0.05) is 0 Å². The van der Waals surface area contributed by atoms with E-state index in [0.29, 0.717) is 34.0 Å². The molecule has 2 N–H and O–H groups in total. The average Bonchev–Trinajstić information content (AvgIpc) is 3.09. The van der Waals surface area contributed by atoms with Gasteiger partial charge in [-0.2, -0.15) is 0 Å². The van der Waals surface area contributed by atoms with Crippen LogP contribution in [0, 0.1) is 0 Å². The normalized spacial score (nSPS) is 15.7. The fourth-order valence-corrected chi connectivity index (χ4v) is 5.63. The van der Waals surface area contributed by atoms with Crippen LogP contribution in [-0.4, -0.2) is 43.5 Å². The minimum absolute atomic E-state index is 0.101. The van der Waals surface area contributed by atoms with Gasteiger partial charge in [0.2, 0.25) is 0 Å². The van der Waals surface area contributed by atoms with Crippen molar-refractivity contribution in [3.63, 3.8) is 0 Å². The van der Waals surface area contributed by atoms with Gasteiger partial charge in [0, 0.05) is 21.5 Å². The molecule has 0 fully saturated rings. The number of nitrogens with one attached hydrogen (secondary N) is 2. The van der Waals surface area contributed by atoms with Gasteiger partial charge in [-0.3, -0.25) is 9.59 Å². The Bertz CT molecular complexity index is 1120. The largest absolute Gasteiger partial charge is 0.493 e. The van der Waals surface area contributed by atoms with Crippen LogP contribution in [0.15, 0.2) is 18.2 Å². The third-order valence-corrected chi connectivity index (χ3v) is 6.98. The van der Waals surface area contributed by atoms with E-state index in [1.165, 1.54) is 25.4 Å². The number of benzene rings is 1. The number of hydrogen-bond donors (Lipinski definition) is 2. The van der Waals surface area contributed by atoms with Crippen molar-refractivity contribution in [2.45, 2.75) is 59.0 Å². The molecule has 184 valence electrons. The molecule has 1 aliphatic rings. The molecule has 9 heteroatoms. The second-order valence-corrected chi connectivity index (χ2v) is 10.4. The van der Waals surface area contributed by atoms with Crippen LogP contribution in [0.3, 0.4) is 0 Å². The van der Waals surface area contributed by atoms with Crippen molar-refractivity contribution in [2.24, 2.45) is 0 Å². The molecule has 2 aromatic rings. The summed E-state index contributed by atoms with van der Waals surface area (Å²) in [6.45, 7) is 11.4. The number of hydrogen-bond acceptors (Lipinski definition) is 8. The highest BCUT2D eigenvalue weighted by atomic mass is 32.1. The third-order valence-electron chi connectivity index (χ3n) is 5.51. The fraction of sp³-hybridized carbons (Fsp3) is 0.480. The Kier molecular flexibility index (Phi) is 7.38. The Morgan fingerprint density at radius 3 is 2.47 bits per heavy atom. The molecule has 1 aromatic heterocycles. The van der Waals surface area contributed by atoms with Crippen LogP contribution in [0.1, 0.15) is 72.7 Å². The zero-order valence-corrected chi connectivity index (χ0v) is 21.5. The highest BCUT2D eigenvalue weighted by Gasteiger charge is 2.42. The quantitative estimate of drug-likeness (QED) is 0.421. The van der Waals surface area contributed by atoms with Gasteiger partial charge in [-0.15, -0.1) is 11.3 Å². The predicted molar refractivity (Wildman–Crippen MR) is 131 cm³/mol. The lowest BCUT2D eigenvalue weighted by Crippen LogP contribution is -2.55. The fourth-order valence-electron chi connectivity index (χ4n) is 4.35. The number of rotatable bonds is 8. The second-order valence-electron chi connectivity index (χ2n) is 9.40. The molecule has 2 heterocycles. The number of Topliss-reactive ketones (excluding diaryl/α,β-unsaturated/α-hetero) is 1. The van der Waals surface area contributed by atoms with Crippen molar-refractivity contribution in [1.29, 1.82) is 0 Å². The molecule has 0 bridgehead atoms.